The van der Waals surface area contributed by atoms with Gasteiger partial charge in [0.2, 0.25) is 0 Å². The van der Waals surface area contributed by atoms with Crippen LogP contribution in [0.4, 0.5) is 5.69 Å². The highest BCUT2D eigenvalue weighted by Crippen LogP contribution is 2.30. The lowest BCUT2D eigenvalue weighted by Crippen LogP contribution is -2.19. The first kappa shape index (κ1) is 15.9. The first-order valence-corrected chi connectivity index (χ1v) is 7.54. The van der Waals surface area contributed by atoms with Crippen LogP contribution in [-0.2, 0) is 6.42 Å². The number of nitro groups is 1. The SMILES string of the molecule is CNC(Cc1ccccc1[N+](=O)[O-])c1cc(Cl)ccc1Br. The van der Waals surface area contributed by atoms with E-state index in [0.717, 1.165) is 10.0 Å². The molecule has 0 aliphatic rings. The lowest BCUT2D eigenvalue weighted by Gasteiger charge is -2.18. The van der Waals surface area contributed by atoms with Gasteiger partial charge in [0.05, 0.1) is 4.92 Å². The maximum absolute atomic E-state index is 11.1. The summed E-state index contributed by atoms with van der Waals surface area (Å²) < 4.78 is 0.921. The molecule has 0 aliphatic heterocycles. The Bertz CT molecular complexity index is 664. The fraction of sp³-hybridized carbons (Fsp3) is 0.200. The molecule has 0 fully saturated rings. The summed E-state index contributed by atoms with van der Waals surface area (Å²) in [7, 11) is 1.83. The molecule has 1 unspecified atom stereocenters. The van der Waals surface area contributed by atoms with E-state index in [-0.39, 0.29) is 16.7 Å². The number of rotatable bonds is 5. The molecule has 2 rings (SSSR count). The summed E-state index contributed by atoms with van der Waals surface area (Å²) in [5, 5.41) is 14.9. The molecule has 0 aliphatic carbocycles. The second-order valence-corrected chi connectivity index (χ2v) is 5.89. The molecule has 0 saturated carbocycles. The molecule has 1 N–H and O–H groups in total. The van der Waals surface area contributed by atoms with Gasteiger partial charge in [0.15, 0.2) is 0 Å². The van der Waals surface area contributed by atoms with Crippen LogP contribution in [0, 0.1) is 10.1 Å². The first-order valence-electron chi connectivity index (χ1n) is 6.37. The summed E-state index contributed by atoms with van der Waals surface area (Å²) in [6.45, 7) is 0. The molecular weight excluding hydrogens is 356 g/mol. The van der Waals surface area contributed by atoms with Crippen molar-refractivity contribution in [2.75, 3.05) is 7.05 Å². The molecule has 0 bridgehead atoms. The van der Waals surface area contributed by atoms with Crippen molar-refractivity contribution < 1.29 is 4.92 Å². The number of nitrogens with one attached hydrogen (secondary N) is 1. The van der Waals surface area contributed by atoms with Crippen molar-refractivity contribution in [2.45, 2.75) is 12.5 Å². The van der Waals surface area contributed by atoms with E-state index in [0.29, 0.717) is 17.0 Å². The number of hydrogen-bond donors (Lipinski definition) is 1. The van der Waals surface area contributed by atoms with Crippen molar-refractivity contribution in [1.29, 1.82) is 0 Å². The van der Waals surface area contributed by atoms with E-state index in [1.54, 1.807) is 18.2 Å². The predicted molar refractivity (Wildman–Crippen MR) is 87.8 cm³/mol. The minimum absolute atomic E-state index is 0.0702. The fourth-order valence-corrected chi connectivity index (χ4v) is 2.93. The Balaban J connectivity index is 2.36. The Hall–Kier alpha value is -1.43. The Morgan fingerprint density at radius 2 is 2.05 bits per heavy atom. The summed E-state index contributed by atoms with van der Waals surface area (Å²) in [5.74, 6) is 0. The summed E-state index contributed by atoms with van der Waals surface area (Å²) in [6, 6.07) is 12.2. The number of nitro benzene ring substituents is 1. The van der Waals surface area contributed by atoms with Crippen LogP contribution >= 0.6 is 27.5 Å². The Morgan fingerprint density at radius 1 is 1.33 bits per heavy atom. The Labute approximate surface area is 136 Å². The van der Waals surface area contributed by atoms with Crippen LogP contribution in [0.25, 0.3) is 0 Å². The topological polar surface area (TPSA) is 55.2 Å². The minimum atomic E-state index is -0.352. The monoisotopic (exact) mass is 368 g/mol. The van der Waals surface area contributed by atoms with E-state index in [1.807, 2.05) is 25.2 Å². The van der Waals surface area contributed by atoms with Gasteiger partial charge in [0, 0.05) is 27.2 Å². The predicted octanol–water partition coefficient (Wildman–Crippen LogP) is 4.51. The molecular formula is C15H14BrClN2O2. The number of halogens is 2. The lowest BCUT2D eigenvalue weighted by molar-refractivity contribution is -0.385. The minimum Gasteiger partial charge on any atom is -0.313 e. The highest BCUT2D eigenvalue weighted by Gasteiger charge is 2.19. The van der Waals surface area contributed by atoms with Crippen molar-refractivity contribution in [2.24, 2.45) is 0 Å². The number of benzene rings is 2. The zero-order valence-corrected chi connectivity index (χ0v) is 13.7. The first-order chi connectivity index (χ1) is 10.0. The van der Waals surface area contributed by atoms with Gasteiger partial charge in [-0.1, -0.05) is 45.7 Å². The van der Waals surface area contributed by atoms with Crippen molar-refractivity contribution in [3.63, 3.8) is 0 Å². The molecule has 4 nitrogen and oxygen atoms in total. The second kappa shape index (κ2) is 7.02. The second-order valence-electron chi connectivity index (χ2n) is 4.60. The van der Waals surface area contributed by atoms with Crippen molar-refractivity contribution in [3.8, 4) is 0 Å². The molecule has 1 atom stereocenters. The largest absolute Gasteiger partial charge is 0.313 e. The number of likely N-dealkylation sites (N-methyl/N-ethyl adjacent to an activating group) is 1. The van der Waals surface area contributed by atoms with Crippen LogP contribution in [0.5, 0.6) is 0 Å². The van der Waals surface area contributed by atoms with Crippen molar-refractivity contribution in [1.82, 2.24) is 5.32 Å². The van der Waals surface area contributed by atoms with Crippen LogP contribution in [0.1, 0.15) is 17.2 Å². The third kappa shape index (κ3) is 3.81. The van der Waals surface area contributed by atoms with E-state index < -0.39 is 0 Å². The highest BCUT2D eigenvalue weighted by atomic mass is 79.9. The standard InChI is InChI=1S/C15H14BrClN2O2/c1-18-14(12-9-11(17)6-7-13(12)16)8-10-4-2-3-5-15(10)19(20)21/h2-7,9,14,18H,8H2,1H3. The van der Waals surface area contributed by atoms with Crippen LogP contribution in [-0.4, -0.2) is 12.0 Å². The van der Waals surface area contributed by atoms with Gasteiger partial charge < -0.3 is 5.32 Å². The summed E-state index contributed by atoms with van der Waals surface area (Å²) in [6.07, 6.45) is 0.507. The van der Waals surface area contributed by atoms with Crippen LogP contribution in [0.15, 0.2) is 46.9 Å². The number of para-hydroxylation sites is 1. The average molecular weight is 370 g/mol. The van der Waals surface area contributed by atoms with Gasteiger partial charge in [-0.2, -0.15) is 0 Å². The van der Waals surface area contributed by atoms with Gasteiger partial charge in [-0.05, 0) is 37.2 Å². The zero-order valence-electron chi connectivity index (χ0n) is 11.3. The van der Waals surface area contributed by atoms with E-state index in [2.05, 4.69) is 21.2 Å². The molecule has 0 spiro atoms. The molecule has 0 radical (unpaired) electrons. The molecule has 0 saturated heterocycles. The van der Waals surface area contributed by atoms with E-state index in [4.69, 9.17) is 11.6 Å². The van der Waals surface area contributed by atoms with Gasteiger partial charge in [0.1, 0.15) is 0 Å². The molecule has 0 aromatic heterocycles. The van der Waals surface area contributed by atoms with Crippen molar-refractivity contribution in [3.05, 3.63) is 73.2 Å². The molecule has 0 amide bonds. The number of hydrogen-bond acceptors (Lipinski definition) is 3. The van der Waals surface area contributed by atoms with Crippen LogP contribution in [0.2, 0.25) is 5.02 Å². The maximum atomic E-state index is 11.1. The molecule has 0 heterocycles. The molecule has 6 heteroatoms. The smallest absolute Gasteiger partial charge is 0.272 e. The Kier molecular flexibility index (Phi) is 5.33. The summed E-state index contributed by atoms with van der Waals surface area (Å²) >= 11 is 9.55. The van der Waals surface area contributed by atoms with Crippen LogP contribution in [0.3, 0.4) is 0 Å². The quantitative estimate of drug-likeness (QED) is 0.623. The van der Waals surface area contributed by atoms with Gasteiger partial charge >= 0.3 is 0 Å². The van der Waals surface area contributed by atoms with Gasteiger partial charge in [0.25, 0.3) is 5.69 Å². The molecule has 2 aromatic rings. The van der Waals surface area contributed by atoms with Gasteiger partial charge in [-0.3, -0.25) is 10.1 Å². The van der Waals surface area contributed by atoms with Gasteiger partial charge in [-0.25, -0.2) is 0 Å². The van der Waals surface area contributed by atoms with E-state index in [1.165, 1.54) is 6.07 Å². The average Bonchev–Trinajstić information content (AvgIpc) is 2.47. The van der Waals surface area contributed by atoms with Gasteiger partial charge in [-0.15, -0.1) is 0 Å². The molecule has 21 heavy (non-hydrogen) atoms. The zero-order chi connectivity index (χ0) is 15.4. The summed E-state index contributed by atoms with van der Waals surface area (Å²) in [4.78, 5) is 10.8. The maximum Gasteiger partial charge on any atom is 0.272 e. The van der Waals surface area contributed by atoms with E-state index in [9.17, 15) is 10.1 Å². The normalized spacial score (nSPS) is 12.1. The third-order valence-electron chi connectivity index (χ3n) is 3.29. The number of nitrogens with zero attached hydrogens (tertiary/aromatic N) is 1. The highest BCUT2D eigenvalue weighted by molar-refractivity contribution is 9.10. The Morgan fingerprint density at radius 3 is 2.71 bits per heavy atom. The van der Waals surface area contributed by atoms with E-state index >= 15 is 0 Å². The lowest BCUT2D eigenvalue weighted by atomic mass is 9.98. The molecule has 2 aromatic carbocycles. The molecule has 110 valence electrons. The van der Waals surface area contributed by atoms with Crippen molar-refractivity contribution >= 4 is 33.2 Å². The fourth-order valence-electron chi connectivity index (χ4n) is 2.23. The third-order valence-corrected chi connectivity index (χ3v) is 4.25. The van der Waals surface area contributed by atoms with Crippen LogP contribution < -0.4 is 5.32 Å². The summed E-state index contributed by atoms with van der Waals surface area (Å²) in [5.41, 5.74) is 1.80.